The van der Waals surface area contributed by atoms with E-state index in [4.69, 9.17) is 4.42 Å². The summed E-state index contributed by atoms with van der Waals surface area (Å²) in [4.78, 5) is 11.0. The van der Waals surface area contributed by atoms with Crippen molar-refractivity contribution >= 4 is 0 Å². The Morgan fingerprint density at radius 1 is 1.36 bits per heavy atom. The summed E-state index contributed by atoms with van der Waals surface area (Å²) in [5, 5.41) is 9.35. The zero-order valence-electron chi connectivity index (χ0n) is 8.45. The van der Waals surface area contributed by atoms with E-state index in [0.717, 1.165) is 12.8 Å². The molecule has 0 fully saturated rings. The lowest BCUT2D eigenvalue weighted by molar-refractivity contribution is 0.394. The van der Waals surface area contributed by atoms with E-state index < -0.39 is 0 Å². The van der Waals surface area contributed by atoms with Crippen molar-refractivity contribution in [2.24, 2.45) is 0 Å². The lowest BCUT2D eigenvalue weighted by Crippen LogP contribution is -2.00. The average molecular weight is 196 g/mol. The van der Waals surface area contributed by atoms with Crippen LogP contribution in [0.1, 0.15) is 38.4 Å². The second-order valence-corrected chi connectivity index (χ2v) is 3.37. The highest BCUT2D eigenvalue weighted by Gasteiger charge is 2.06. The van der Waals surface area contributed by atoms with Crippen LogP contribution < -0.4 is 5.43 Å². The summed E-state index contributed by atoms with van der Waals surface area (Å²) >= 11 is 0. The molecule has 0 atom stereocenters. The van der Waals surface area contributed by atoms with E-state index in [-0.39, 0.29) is 11.2 Å². The Hall–Kier alpha value is -1.25. The highest BCUT2D eigenvalue weighted by molar-refractivity contribution is 5.22. The summed E-state index contributed by atoms with van der Waals surface area (Å²) in [6.45, 7) is 2.14. The lowest BCUT2D eigenvalue weighted by atomic mass is 10.1. The van der Waals surface area contributed by atoms with Crippen LogP contribution in [0.25, 0.3) is 0 Å². The summed E-state index contributed by atoms with van der Waals surface area (Å²) in [5.41, 5.74) is -0.359. The van der Waals surface area contributed by atoms with Gasteiger partial charge in [0.1, 0.15) is 5.76 Å². The maximum atomic E-state index is 11.0. The van der Waals surface area contributed by atoms with Crippen molar-refractivity contribution in [2.45, 2.75) is 39.0 Å². The second kappa shape index (κ2) is 5.47. The summed E-state index contributed by atoms with van der Waals surface area (Å²) in [6, 6.07) is 1.23. The molecule has 0 aliphatic carbocycles. The van der Waals surface area contributed by atoms with Crippen molar-refractivity contribution in [3.05, 3.63) is 28.3 Å². The Labute approximate surface area is 83.4 Å². The SMILES string of the molecule is CCCCCCc1occc(=O)c1O. The molecule has 0 saturated carbocycles. The van der Waals surface area contributed by atoms with Crippen molar-refractivity contribution in [3.63, 3.8) is 0 Å². The van der Waals surface area contributed by atoms with E-state index in [0.29, 0.717) is 12.2 Å². The molecule has 1 rings (SSSR count). The molecule has 78 valence electrons. The van der Waals surface area contributed by atoms with Crippen molar-refractivity contribution < 1.29 is 9.52 Å². The molecule has 1 N–H and O–H groups in total. The van der Waals surface area contributed by atoms with Gasteiger partial charge in [-0.3, -0.25) is 4.79 Å². The van der Waals surface area contributed by atoms with Crippen molar-refractivity contribution in [2.75, 3.05) is 0 Å². The van der Waals surface area contributed by atoms with Gasteiger partial charge in [0.15, 0.2) is 0 Å². The van der Waals surface area contributed by atoms with Gasteiger partial charge in [-0.25, -0.2) is 0 Å². The minimum atomic E-state index is -0.359. The predicted octanol–water partition coefficient (Wildman–Crippen LogP) is 2.47. The third kappa shape index (κ3) is 2.91. The van der Waals surface area contributed by atoms with Gasteiger partial charge >= 0.3 is 0 Å². The van der Waals surface area contributed by atoms with Crippen LogP contribution in [0.15, 0.2) is 21.5 Å². The molecular weight excluding hydrogens is 180 g/mol. The maximum absolute atomic E-state index is 11.0. The molecule has 3 nitrogen and oxygen atoms in total. The quantitative estimate of drug-likeness (QED) is 0.736. The number of rotatable bonds is 5. The fourth-order valence-corrected chi connectivity index (χ4v) is 1.34. The molecule has 0 aliphatic heterocycles. The standard InChI is InChI=1S/C11H16O3/c1-2-3-4-5-6-10-11(13)9(12)7-8-14-10/h7-8,13H,2-6H2,1H3. The fraction of sp³-hybridized carbons (Fsp3) is 0.545. The number of hydrogen-bond acceptors (Lipinski definition) is 3. The molecule has 0 bridgehead atoms. The van der Waals surface area contributed by atoms with Gasteiger partial charge in [0.25, 0.3) is 0 Å². The Balaban J connectivity index is 2.51. The van der Waals surface area contributed by atoms with Crippen LogP contribution in [-0.2, 0) is 6.42 Å². The average Bonchev–Trinajstić information content (AvgIpc) is 2.19. The Morgan fingerprint density at radius 3 is 2.86 bits per heavy atom. The third-order valence-corrected chi connectivity index (χ3v) is 2.18. The molecule has 0 saturated heterocycles. The molecule has 0 amide bonds. The van der Waals surface area contributed by atoms with Crippen LogP contribution in [0.2, 0.25) is 0 Å². The predicted molar refractivity (Wildman–Crippen MR) is 54.5 cm³/mol. The zero-order valence-corrected chi connectivity index (χ0v) is 8.45. The largest absolute Gasteiger partial charge is 0.502 e. The molecule has 0 unspecified atom stereocenters. The second-order valence-electron chi connectivity index (χ2n) is 3.37. The van der Waals surface area contributed by atoms with Crippen LogP contribution in [0.5, 0.6) is 5.75 Å². The van der Waals surface area contributed by atoms with Gasteiger partial charge in [-0.1, -0.05) is 26.2 Å². The van der Waals surface area contributed by atoms with Gasteiger partial charge in [-0.15, -0.1) is 0 Å². The van der Waals surface area contributed by atoms with Gasteiger partial charge in [-0.05, 0) is 6.42 Å². The highest BCUT2D eigenvalue weighted by atomic mass is 16.4. The fourth-order valence-electron chi connectivity index (χ4n) is 1.34. The third-order valence-electron chi connectivity index (χ3n) is 2.18. The number of aromatic hydroxyl groups is 1. The summed E-state index contributed by atoms with van der Waals surface area (Å²) in [5.74, 6) is 0.178. The van der Waals surface area contributed by atoms with Crippen LogP contribution in [-0.4, -0.2) is 5.11 Å². The molecule has 14 heavy (non-hydrogen) atoms. The Bertz CT molecular complexity index is 328. The van der Waals surface area contributed by atoms with E-state index in [2.05, 4.69) is 6.92 Å². The van der Waals surface area contributed by atoms with Gasteiger partial charge in [-0.2, -0.15) is 0 Å². The minimum Gasteiger partial charge on any atom is -0.502 e. The highest BCUT2D eigenvalue weighted by Crippen LogP contribution is 2.14. The first-order chi connectivity index (χ1) is 6.75. The van der Waals surface area contributed by atoms with E-state index in [9.17, 15) is 9.90 Å². The molecule has 0 spiro atoms. The molecular formula is C11H16O3. The smallest absolute Gasteiger partial charge is 0.226 e. The molecule has 0 aromatic carbocycles. The Kier molecular flexibility index (Phi) is 4.23. The first-order valence-corrected chi connectivity index (χ1v) is 5.05. The van der Waals surface area contributed by atoms with Crippen molar-refractivity contribution in [1.29, 1.82) is 0 Å². The summed E-state index contributed by atoms with van der Waals surface area (Å²) in [6.07, 6.45) is 6.38. The molecule has 0 radical (unpaired) electrons. The molecule has 0 aliphatic rings. The lowest BCUT2D eigenvalue weighted by Gasteiger charge is -2.01. The van der Waals surface area contributed by atoms with Crippen molar-refractivity contribution in [1.82, 2.24) is 0 Å². The molecule has 1 aromatic heterocycles. The summed E-state index contributed by atoms with van der Waals surface area (Å²) in [7, 11) is 0. The van der Waals surface area contributed by atoms with Gasteiger partial charge in [0.2, 0.25) is 11.2 Å². The van der Waals surface area contributed by atoms with Crippen LogP contribution in [0.4, 0.5) is 0 Å². The molecule has 1 heterocycles. The first kappa shape index (κ1) is 10.8. The Morgan fingerprint density at radius 2 is 2.14 bits per heavy atom. The van der Waals surface area contributed by atoms with E-state index in [1.165, 1.54) is 25.2 Å². The van der Waals surface area contributed by atoms with Gasteiger partial charge in [0, 0.05) is 12.5 Å². The number of unbranched alkanes of at least 4 members (excludes halogenated alkanes) is 3. The van der Waals surface area contributed by atoms with Crippen LogP contribution in [0, 0.1) is 0 Å². The first-order valence-electron chi connectivity index (χ1n) is 5.05. The van der Waals surface area contributed by atoms with E-state index >= 15 is 0 Å². The number of aryl methyl sites for hydroxylation is 1. The maximum Gasteiger partial charge on any atom is 0.226 e. The molecule has 1 aromatic rings. The van der Waals surface area contributed by atoms with Crippen LogP contribution in [0.3, 0.4) is 0 Å². The zero-order chi connectivity index (χ0) is 10.4. The van der Waals surface area contributed by atoms with Crippen LogP contribution >= 0.6 is 0 Å². The minimum absolute atomic E-state index is 0.232. The topological polar surface area (TPSA) is 50.4 Å². The molecule has 3 heteroatoms. The number of hydrogen-bond donors (Lipinski definition) is 1. The monoisotopic (exact) mass is 196 g/mol. The van der Waals surface area contributed by atoms with E-state index in [1.54, 1.807) is 0 Å². The van der Waals surface area contributed by atoms with Gasteiger partial charge in [0.05, 0.1) is 6.26 Å². The van der Waals surface area contributed by atoms with E-state index in [1.807, 2.05) is 0 Å². The normalized spacial score (nSPS) is 10.4. The summed E-state index contributed by atoms with van der Waals surface area (Å²) < 4.78 is 5.07. The van der Waals surface area contributed by atoms with Gasteiger partial charge < -0.3 is 9.52 Å². The van der Waals surface area contributed by atoms with Crippen molar-refractivity contribution in [3.8, 4) is 5.75 Å².